The standard InChI is InChI=1S/C14H14ClNO2S/c1-10-2-4-11(5-3-10)9-19(17,18)14-8-12(15)6-7-13(14)16/h2-8H,9,16H2,1H3. The largest absolute Gasteiger partial charge is 0.398 e. The highest BCUT2D eigenvalue weighted by atomic mass is 35.5. The van der Waals surface area contributed by atoms with Gasteiger partial charge in [-0.3, -0.25) is 0 Å². The first-order chi connectivity index (χ1) is 8.88. The van der Waals surface area contributed by atoms with E-state index in [2.05, 4.69) is 0 Å². The molecule has 0 saturated carbocycles. The number of anilines is 1. The highest BCUT2D eigenvalue weighted by molar-refractivity contribution is 7.90. The number of nitrogen functional groups attached to an aromatic ring is 1. The van der Waals surface area contributed by atoms with E-state index in [1.54, 1.807) is 18.2 Å². The lowest BCUT2D eigenvalue weighted by Gasteiger charge is -2.08. The summed E-state index contributed by atoms with van der Waals surface area (Å²) in [5, 5.41) is 0.358. The summed E-state index contributed by atoms with van der Waals surface area (Å²) in [6, 6.07) is 11.8. The molecule has 0 aromatic heterocycles. The van der Waals surface area contributed by atoms with E-state index in [1.807, 2.05) is 19.1 Å². The maximum absolute atomic E-state index is 12.3. The molecule has 100 valence electrons. The van der Waals surface area contributed by atoms with Crippen LogP contribution in [0.5, 0.6) is 0 Å². The van der Waals surface area contributed by atoms with E-state index < -0.39 is 9.84 Å². The van der Waals surface area contributed by atoms with E-state index in [4.69, 9.17) is 17.3 Å². The number of sulfone groups is 1. The Hall–Kier alpha value is -1.52. The van der Waals surface area contributed by atoms with Crippen molar-refractivity contribution in [2.45, 2.75) is 17.6 Å². The van der Waals surface area contributed by atoms with Crippen LogP contribution in [0.1, 0.15) is 11.1 Å². The van der Waals surface area contributed by atoms with E-state index in [0.29, 0.717) is 5.02 Å². The van der Waals surface area contributed by atoms with E-state index >= 15 is 0 Å². The summed E-state index contributed by atoms with van der Waals surface area (Å²) in [6.07, 6.45) is 0. The summed E-state index contributed by atoms with van der Waals surface area (Å²) in [6.45, 7) is 1.95. The molecule has 2 N–H and O–H groups in total. The fourth-order valence-corrected chi connectivity index (χ4v) is 3.52. The predicted molar refractivity (Wildman–Crippen MR) is 77.9 cm³/mol. The summed E-state index contributed by atoms with van der Waals surface area (Å²) < 4.78 is 24.6. The molecule has 0 bridgehead atoms. The Labute approximate surface area is 117 Å². The molecule has 3 nitrogen and oxygen atoms in total. The quantitative estimate of drug-likeness (QED) is 0.885. The minimum atomic E-state index is -3.49. The Morgan fingerprint density at radius 3 is 2.37 bits per heavy atom. The van der Waals surface area contributed by atoms with Gasteiger partial charge in [0, 0.05) is 5.02 Å². The molecule has 0 amide bonds. The summed E-state index contributed by atoms with van der Waals surface area (Å²) in [4.78, 5) is 0.0839. The Kier molecular flexibility index (Phi) is 3.83. The Balaban J connectivity index is 2.37. The summed E-state index contributed by atoms with van der Waals surface area (Å²) in [7, 11) is -3.49. The molecule has 2 aromatic carbocycles. The molecule has 0 atom stereocenters. The summed E-state index contributed by atoms with van der Waals surface area (Å²) in [5.41, 5.74) is 7.75. The first-order valence-corrected chi connectivity index (χ1v) is 7.75. The van der Waals surface area contributed by atoms with Crippen molar-refractivity contribution < 1.29 is 8.42 Å². The molecule has 0 heterocycles. The maximum atomic E-state index is 12.3. The zero-order valence-electron chi connectivity index (χ0n) is 10.4. The number of aryl methyl sites for hydroxylation is 1. The van der Waals surface area contributed by atoms with Crippen molar-refractivity contribution in [2.75, 3.05) is 5.73 Å². The first-order valence-electron chi connectivity index (χ1n) is 5.72. The van der Waals surface area contributed by atoms with Crippen LogP contribution in [0.4, 0.5) is 5.69 Å². The molecule has 0 saturated heterocycles. The topological polar surface area (TPSA) is 60.2 Å². The molecular weight excluding hydrogens is 282 g/mol. The van der Waals surface area contributed by atoms with E-state index in [-0.39, 0.29) is 16.3 Å². The third kappa shape index (κ3) is 3.28. The van der Waals surface area contributed by atoms with Crippen LogP contribution in [0, 0.1) is 6.92 Å². The van der Waals surface area contributed by atoms with Crippen LogP contribution < -0.4 is 5.73 Å². The fraction of sp³-hybridized carbons (Fsp3) is 0.143. The molecule has 0 unspecified atom stereocenters. The lowest BCUT2D eigenvalue weighted by Crippen LogP contribution is -2.08. The fourth-order valence-electron chi connectivity index (χ4n) is 1.76. The van der Waals surface area contributed by atoms with Crippen LogP contribution in [0.15, 0.2) is 47.4 Å². The third-order valence-corrected chi connectivity index (χ3v) is 4.76. The average molecular weight is 296 g/mol. The van der Waals surface area contributed by atoms with Gasteiger partial charge in [0.05, 0.1) is 16.3 Å². The second kappa shape index (κ2) is 5.23. The van der Waals surface area contributed by atoms with Crippen LogP contribution in [-0.4, -0.2) is 8.42 Å². The monoisotopic (exact) mass is 295 g/mol. The van der Waals surface area contributed by atoms with Gasteiger partial charge in [0.1, 0.15) is 0 Å². The number of nitrogens with two attached hydrogens (primary N) is 1. The molecule has 0 radical (unpaired) electrons. The Morgan fingerprint density at radius 1 is 1.11 bits per heavy atom. The van der Waals surface area contributed by atoms with Crippen molar-refractivity contribution in [1.82, 2.24) is 0 Å². The van der Waals surface area contributed by atoms with Gasteiger partial charge in [-0.15, -0.1) is 0 Å². The maximum Gasteiger partial charge on any atom is 0.184 e. The molecule has 0 aliphatic heterocycles. The SMILES string of the molecule is Cc1ccc(CS(=O)(=O)c2cc(Cl)ccc2N)cc1. The molecule has 0 aliphatic rings. The van der Waals surface area contributed by atoms with Crippen LogP contribution in [0.3, 0.4) is 0 Å². The molecule has 2 rings (SSSR count). The highest BCUT2D eigenvalue weighted by Gasteiger charge is 2.18. The van der Waals surface area contributed by atoms with Crippen molar-refractivity contribution in [3.63, 3.8) is 0 Å². The van der Waals surface area contributed by atoms with Gasteiger partial charge in [-0.25, -0.2) is 8.42 Å². The van der Waals surface area contributed by atoms with E-state index in [9.17, 15) is 8.42 Å². The average Bonchev–Trinajstić information content (AvgIpc) is 2.35. The zero-order chi connectivity index (χ0) is 14.0. The molecule has 2 aromatic rings. The van der Waals surface area contributed by atoms with Crippen molar-refractivity contribution in [3.05, 3.63) is 58.6 Å². The van der Waals surface area contributed by atoms with Gasteiger partial charge in [-0.1, -0.05) is 41.4 Å². The van der Waals surface area contributed by atoms with Crippen molar-refractivity contribution in [2.24, 2.45) is 0 Å². The van der Waals surface area contributed by atoms with Gasteiger partial charge in [0.2, 0.25) is 0 Å². The zero-order valence-corrected chi connectivity index (χ0v) is 12.0. The van der Waals surface area contributed by atoms with Crippen LogP contribution >= 0.6 is 11.6 Å². The minimum absolute atomic E-state index is 0.0839. The first kappa shape index (κ1) is 13.9. The normalized spacial score (nSPS) is 11.5. The lowest BCUT2D eigenvalue weighted by atomic mass is 10.2. The molecule has 5 heteroatoms. The number of benzene rings is 2. The van der Waals surface area contributed by atoms with Gasteiger partial charge in [0.25, 0.3) is 0 Å². The molecule has 0 spiro atoms. The number of hydrogen-bond donors (Lipinski definition) is 1. The molecule has 0 aliphatic carbocycles. The predicted octanol–water partition coefficient (Wildman–Crippen LogP) is 3.20. The number of hydrogen-bond acceptors (Lipinski definition) is 3. The van der Waals surface area contributed by atoms with E-state index in [1.165, 1.54) is 12.1 Å². The lowest BCUT2D eigenvalue weighted by molar-refractivity contribution is 0.595. The smallest absolute Gasteiger partial charge is 0.184 e. The molecule has 19 heavy (non-hydrogen) atoms. The third-order valence-electron chi connectivity index (χ3n) is 2.79. The van der Waals surface area contributed by atoms with Gasteiger partial charge in [0.15, 0.2) is 9.84 Å². The molecular formula is C14H14ClNO2S. The second-order valence-electron chi connectivity index (χ2n) is 4.43. The summed E-state index contributed by atoms with van der Waals surface area (Å²) >= 11 is 5.83. The van der Waals surface area contributed by atoms with Gasteiger partial charge in [-0.2, -0.15) is 0 Å². The molecule has 0 fully saturated rings. The Bertz CT molecular complexity index is 694. The van der Waals surface area contributed by atoms with Crippen molar-refractivity contribution in [1.29, 1.82) is 0 Å². The minimum Gasteiger partial charge on any atom is -0.398 e. The van der Waals surface area contributed by atoms with Crippen LogP contribution in [0.2, 0.25) is 5.02 Å². The Morgan fingerprint density at radius 2 is 1.74 bits per heavy atom. The second-order valence-corrected chi connectivity index (χ2v) is 6.82. The number of halogens is 1. The van der Waals surface area contributed by atoms with Gasteiger partial charge in [-0.05, 0) is 30.7 Å². The van der Waals surface area contributed by atoms with Gasteiger partial charge < -0.3 is 5.73 Å². The van der Waals surface area contributed by atoms with E-state index in [0.717, 1.165) is 11.1 Å². The highest BCUT2D eigenvalue weighted by Crippen LogP contribution is 2.25. The van der Waals surface area contributed by atoms with Crippen LogP contribution in [-0.2, 0) is 15.6 Å². The van der Waals surface area contributed by atoms with Crippen molar-refractivity contribution in [3.8, 4) is 0 Å². The van der Waals surface area contributed by atoms with Crippen molar-refractivity contribution >= 4 is 27.1 Å². The van der Waals surface area contributed by atoms with Gasteiger partial charge >= 0.3 is 0 Å². The summed E-state index contributed by atoms with van der Waals surface area (Å²) in [5.74, 6) is -0.0855. The number of rotatable bonds is 3. The van der Waals surface area contributed by atoms with Crippen LogP contribution in [0.25, 0.3) is 0 Å².